The lowest BCUT2D eigenvalue weighted by Gasteiger charge is -2.50. The summed E-state index contributed by atoms with van der Waals surface area (Å²) < 4.78 is 6.27. The number of rotatable bonds is 6. The number of carbonyl (C=O) groups excluding carboxylic acids is 1. The van der Waals surface area contributed by atoms with Crippen LogP contribution in [0.3, 0.4) is 0 Å². The van der Waals surface area contributed by atoms with E-state index >= 15 is 0 Å². The van der Waals surface area contributed by atoms with Crippen LogP contribution in [0.4, 0.5) is 4.79 Å². The van der Waals surface area contributed by atoms with Gasteiger partial charge in [0.2, 0.25) is 0 Å². The average Bonchev–Trinajstić information content (AvgIpc) is 2.46. The SMILES string of the molecule is C=CCOC(=O)N(C)CCC[N+]12CCN(CC1)CC2. The van der Waals surface area contributed by atoms with E-state index in [1.165, 1.54) is 50.3 Å². The largest absolute Gasteiger partial charge is 0.445 e. The van der Waals surface area contributed by atoms with Crippen molar-refractivity contribution in [3.63, 3.8) is 0 Å². The average molecular weight is 268 g/mol. The summed E-state index contributed by atoms with van der Waals surface area (Å²) in [6.45, 7) is 13.4. The van der Waals surface area contributed by atoms with Crippen molar-refractivity contribution in [1.82, 2.24) is 9.80 Å². The lowest BCUT2D eigenvalue weighted by molar-refractivity contribution is -0.941. The van der Waals surface area contributed by atoms with E-state index in [-0.39, 0.29) is 6.09 Å². The van der Waals surface area contributed by atoms with Crippen LogP contribution in [-0.2, 0) is 4.74 Å². The molecule has 3 rings (SSSR count). The van der Waals surface area contributed by atoms with Crippen molar-refractivity contribution in [3.8, 4) is 0 Å². The Morgan fingerprint density at radius 3 is 2.58 bits per heavy atom. The van der Waals surface area contributed by atoms with Crippen molar-refractivity contribution >= 4 is 6.09 Å². The van der Waals surface area contributed by atoms with Gasteiger partial charge in [-0.15, -0.1) is 0 Å². The van der Waals surface area contributed by atoms with E-state index in [4.69, 9.17) is 4.74 Å². The van der Waals surface area contributed by atoms with Crippen LogP contribution >= 0.6 is 0 Å². The second kappa shape index (κ2) is 6.39. The number of quaternary nitrogens is 1. The lowest BCUT2D eigenvalue weighted by atomic mass is 10.1. The highest BCUT2D eigenvalue weighted by atomic mass is 16.6. The number of ether oxygens (including phenoxy) is 1. The zero-order valence-electron chi connectivity index (χ0n) is 12.0. The first kappa shape index (κ1) is 14.3. The Bertz CT molecular complexity index is 311. The second-order valence-corrected chi connectivity index (χ2v) is 5.72. The Morgan fingerprint density at radius 2 is 2.00 bits per heavy atom. The van der Waals surface area contributed by atoms with Crippen molar-refractivity contribution in [2.45, 2.75) is 6.42 Å². The highest BCUT2D eigenvalue weighted by molar-refractivity contribution is 5.67. The van der Waals surface area contributed by atoms with E-state index in [0.29, 0.717) is 6.61 Å². The first-order valence-electron chi connectivity index (χ1n) is 7.21. The highest BCUT2D eigenvalue weighted by Crippen LogP contribution is 2.19. The van der Waals surface area contributed by atoms with Gasteiger partial charge in [-0.3, -0.25) is 4.90 Å². The summed E-state index contributed by atoms with van der Waals surface area (Å²) in [5, 5.41) is 0. The normalized spacial score (nSPS) is 29.0. The molecule has 0 aliphatic carbocycles. The summed E-state index contributed by atoms with van der Waals surface area (Å²) in [4.78, 5) is 15.8. The lowest BCUT2D eigenvalue weighted by Crippen LogP contribution is -2.67. The number of hydrogen-bond donors (Lipinski definition) is 0. The maximum absolute atomic E-state index is 11.6. The number of carbonyl (C=O) groups is 1. The fourth-order valence-corrected chi connectivity index (χ4v) is 3.04. The summed E-state index contributed by atoms with van der Waals surface area (Å²) >= 11 is 0. The smallest absolute Gasteiger partial charge is 0.409 e. The summed E-state index contributed by atoms with van der Waals surface area (Å²) in [5.41, 5.74) is 0. The molecule has 0 aromatic rings. The summed E-state index contributed by atoms with van der Waals surface area (Å²) in [6, 6.07) is 0. The molecule has 0 unspecified atom stereocenters. The first-order chi connectivity index (χ1) is 9.15. The molecule has 0 atom stereocenters. The van der Waals surface area contributed by atoms with Crippen LogP contribution in [0, 0.1) is 0 Å². The van der Waals surface area contributed by atoms with Gasteiger partial charge in [-0.2, -0.15) is 0 Å². The van der Waals surface area contributed by atoms with Crippen LogP contribution in [0.15, 0.2) is 12.7 Å². The fraction of sp³-hybridized carbons (Fsp3) is 0.786. The van der Waals surface area contributed by atoms with Crippen LogP contribution in [0.25, 0.3) is 0 Å². The molecule has 3 aliphatic heterocycles. The molecule has 3 aliphatic rings. The van der Waals surface area contributed by atoms with Crippen molar-refractivity contribution in [1.29, 1.82) is 0 Å². The second-order valence-electron chi connectivity index (χ2n) is 5.72. The van der Waals surface area contributed by atoms with Gasteiger partial charge in [0.1, 0.15) is 6.61 Å². The van der Waals surface area contributed by atoms with Gasteiger partial charge in [0, 0.05) is 39.6 Å². The third-order valence-electron chi connectivity index (χ3n) is 4.43. The van der Waals surface area contributed by atoms with E-state index < -0.39 is 0 Å². The van der Waals surface area contributed by atoms with E-state index in [0.717, 1.165) is 13.0 Å². The molecule has 0 radical (unpaired) electrons. The van der Waals surface area contributed by atoms with Crippen molar-refractivity contribution < 1.29 is 14.0 Å². The minimum absolute atomic E-state index is 0.247. The summed E-state index contributed by atoms with van der Waals surface area (Å²) in [5.74, 6) is 0. The number of fused-ring (bicyclic) bond motifs is 3. The zero-order chi connectivity index (χ0) is 13.7. The molecule has 108 valence electrons. The molecule has 19 heavy (non-hydrogen) atoms. The van der Waals surface area contributed by atoms with Gasteiger partial charge in [-0.1, -0.05) is 12.7 Å². The molecule has 5 nitrogen and oxygen atoms in total. The van der Waals surface area contributed by atoms with Gasteiger partial charge in [0.05, 0.1) is 26.2 Å². The quantitative estimate of drug-likeness (QED) is 0.527. The van der Waals surface area contributed by atoms with Crippen LogP contribution in [-0.4, -0.2) is 86.4 Å². The molecule has 1 amide bonds. The number of nitrogens with zero attached hydrogens (tertiary/aromatic N) is 3. The molecule has 3 heterocycles. The Hall–Kier alpha value is -1.07. The van der Waals surface area contributed by atoms with E-state index in [2.05, 4.69) is 11.5 Å². The van der Waals surface area contributed by atoms with E-state index in [1.54, 1.807) is 18.0 Å². The first-order valence-corrected chi connectivity index (χ1v) is 7.21. The molecule has 0 aromatic carbocycles. The predicted octanol–water partition coefficient (Wildman–Crippen LogP) is 0.777. The van der Waals surface area contributed by atoms with Gasteiger partial charge < -0.3 is 14.1 Å². The van der Waals surface area contributed by atoms with Crippen molar-refractivity contribution in [2.24, 2.45) is 0 Å². The van der Waals surface area contributed by atoms with E-state index in [1.807, 2.05) is 0 Å². The predicted molar refractivity (Wildman–Crippen MR) is 75.0 cm³/mol. The Morgan fingerprint density at radius 1 is 1.37 bits per heavy atom. The molecular formula is C14H26N3O2+. The third kappa shape index (κ3) is 3.70. The zero-order valence-corrected chi connectivity index (χ0v) is 12.0. The molecule has 0 saturated carbocycles. The van der Waals surface area contributed by atoms with Crippen molar-refractivity contribution in [3.05, 3.63) is 12.7 Å². The Balaban J connectivity index is 1.68. The topological polar surface area (TPSA) is 32.8 Å². The number of hydrogen-bond acceptors (Lipinski definition) is 3. The van der Waals surface area contributed by atoms with Crippen LogP contribution in [0.2, 0.25) is 0 Å². The number of amides is 1. The third-order valence-corrected chi connectivity index (χ3v) is 4.43. The Kier molecular flexibility index (Phi) is 4.82. The molecular weight excluding hydrogens is 242 g/mol. The minimum Gasteiger partial charge on any atom is -0.445 e. The van der Waals surface area contributed by atoms with E-state index in [9.17, 15) is 4.79 Å². The number of piperazine rings is 3. The monoisotopic (exact) mass is 268 g/mol. The van der Waals surface area contributed by atoms with Crippen molar-refractivity contribution in [2.75, 3.05) is 66.0 Å². The molecule has 3 fully saturated rings. The summed E-state index contributed by atoms with van der Waals surface area (Å²) in [6.07, 6.45) is 2.40. The van der Waals surface area contributed by atoms with Gasteiger partial charge in [-0.05, 0) is 0 Å². The Labute approximate surface area is 116 Å². The molecule has 0 aromatic heterocycles. The molecule has 2 bridgehead atoms. The molecule has 0 spiro atoms. The van der Waals surface area contributed by atoms with Crippen LogP contribution in [0.5, 0.6) is 0 Å². The summed E-state index contributed by atoms with van der Waals surface area (Å²) in [7, 11) is 1.81. The maximum atomic E-state index is 11.6. The molecule has 0 N–H and O–H groups in total. The van der Waals surface area contributed by atoms with Crippen LogP contribution in [0.1, 0.15) is 6.42 Å². The van der Waals surface area contributed by atoms with Crippen LogP contribution < -0.4 is 0 Å². The maximum Gasteiger partial charge on any atom is 0.409 e. The molecule has 3 saturated heterocycles. The van der Waals surface area contributed by atoms with Gasteiger partial charge in [0.15, 0.2) is 0 Å². The highest BCUT2D eigenvalue weighted by Gasteiger charge is 2.37. The fourth-order valence-electron chi connectivity index (χ4n) is 3.04. The van der Waals surface area contributed by atoms with Gasteiger partial charge in [-0.25, -0.2) is 4.79 Å². The van der Waals surface area contributed by atoms with Gasteiger partial charge in [0.25, 0.3) is 0 Å². The minimum atomic E-state index is -0.247. The standard InChI is InChI=1S/C14H26N3O2/c1-3-13-19-14(18)15(2)5-4-9-17-10-6-16(7-11-17)8-12-17/h3H,1,4-13H2,2H3/q+1. The van der Waals surface area contributed by atoms with Gasteiger partial charge >= 0.3 is 6.09 Å². The molecule has 5 heteroatoms.